The van der Waals surface area contributed by atoms with Crippen LogP contribution < -0.4 is 0 Å². The molecule has 0 spiro atoms. The second-order valence-corrected chi connectivity index (χ2v) is 6.46. The highest BCUT2D eigenvalue weighted by Crippen LogP contribution is 2.45. The van der Waals surface area contributed by atoms with Crippen molar-refractivity contribution in [1.82, 2.24) is 0 Å². The van der Waals surface area contributed by atoms with Gasteiger partial charge in [0.15, 0.2) is 0 Å². The molecule has 1 aliphatic heterocycles. The lowest BCUT2D eigenvalue weighted by Crippen LogP contribution is -2.31. The largest absolute Gasteiger partial charge is 0.369 e. The van der Waals surface area contributed by atoms with Crippen LogP contribution in [0.15, 0.2) is 24.3 Å². The van der Waals surface area contributed by atoms with Crippen LogP contribution in [0.2, 0.25) is 0 Å². The zero-order chi connectivity index (χ0) is 12.6. The Kier molecular flexibility index (Phi) is 3.35. The summed E-state index contributed by atoms with van der Waals surface area (Å²) in [6.07, 6.45) is 3.05. The number of benzene rings is 1. The summed E-state index contributed by atoms with van der Waals surface area (Å²) < 4.78 is 7.46. The number of alkyl halides is 1. The van der Waals surface area contributed by atoms with E-state index < -0.39 is 0 Å². The monoisotopic (exact) mass is 280 g/mol. The molecule has 1 nitrogen and oxygen atoms in total. The van der Waals surface area contributed by atoms with Crippen molar-refractivity contribution in [2.24, 2.45) is 0 Å². The second kappa shape index (κ2) is 4.84. The molecule has 18 heavy (non-hydrogen) atoms. The van der Waals surface area contributed by atoms with Gasteiger partial charge in [-0.05, 0) is 43.2 Å². The van der Waals surface area contributed by atoms with Gasteiger partial charge >= 0.3 is 0 Å². The average molecular weight is 281 g/mol. The van der Waals surface area contributed by atoms with Gasteiger partial charge < -0.3 is 4.74 Å². The van der Waals surface area contributed by atoms with Crippen LogP contribution in [0.1, 0.15) is 30.2 Å². The summed E-state index contributed by atoms with van der Waals surface area (Å²) in [6, 6.07) is 8.68. The predicted molar refractivity (Wildman–Crippen MR) is 78.8 cm³/mol. The highest BCUT2D eigenvalue weighted by atomic mass is 35.5. The topological polar surface area (TPSA) is 9.23 Å². The molecule has 0 aliphatic carbocycles. The molecule has 0 bridgehead atoms. The number of thiophene rings is 1. The molecule has 0 fully saturated rings. The van der Waals surface area contributed by atoms with Crippen LogP contribution in [-0.2, 0) is 16.8 Å². The Morgan fingerprint density at radius 3 is 3.06 bits per heavy atom. The molecule has 2 aromatic rings. The second-order valence-electron chi connectivity index (χ2n) is 5.03. The minimum Gasteiger partial charge on any atom is -0.369 e. The highest BCUT2D eigenvalue weighted by Gasteiger charge is 2.35. The quantitative estimate of drug-likeness (QED) is 0.740. The third-order valence-corrected chi connectivity index (χ3v) is 5.46. The molecule has 1 aromatic carbocycles. The zero-order valence-electron chi connectivity index (χ0n) is 10.5. The van der Waals surface area contributed by atoms with E-state index in [4.69, 9.17) is 16.3 Å². The first-order valence-corrected chi connectivity index (χ1v) is 7.80. The van der Waals surface area contributed by atoms with Crippen LogP contribution in [-0.4, -0.2) is 12.5 Å². The van der Waals surface area contributed by atoms with Gasteiger partial charge in [-0.1, -0.05) is 18.2 Å². The van der Waals surface area contributed by atoms with E-state index in [0.29, 0.717) is 5.88 Å². The lowest BCUT2D eigenvalue weighted by Gasteiger charge is -2.34. The van der Waals surface area contributed by atoms with E-state index in [2.05, 4.69) is 31.2 Å². The van der Waals surface area contributed by atoms with Crippen molar-refractivity contribution >= 4 is 33.0 Å². The molecule has 0 N–H and O–H groups in total. The maximum atomic E-state index is 6.08. The summed E-state index contributed by atoms with van der Waals surface area (Å²) in [4.78, 5) is 1.42. The van der Waals surface area contributed by atoms with E-state index >= 15 is 0 Å². The minimum atomic E-state index is -0.133. The van der Waals surface area contributed by atoms with Crippen LogP contribution in [0.4, 0.5) is 0 Å². The third-order valence-electron chi connectivity index (χ3n) is 3.74. The van der Waals surface area contributed by atoms with Crippen LogP contribution >= 0.6 is 22.9 Å². The van der Waals surface area contributed by atoms with E-state index in [1.807, 2.05) is 11.3 Å². The molecular formula is C15H17ClOS. The molecule has 1 aliphatic rings. The maximum Gasteiger partial charge on any atom is 0.0998 e. The fourth-order valence-corrected chi connectivity index (χ4v) is 4.32. The Bertz CT molecular complexity index is 563. The maximum absolute atomic E-state index is 6.08. The van der Waals surface area contributed by atoms with Crippen molar-refractivity contribution in [3.05, 3.63) is 34.7 Å². The molecule has 0 saturated heterocycles. The molecule has 0 radical (unpaired) electrons. The Labute approximate surface area is 117 Å². The van der Waals surface area contributed by atoms with Crippen molar-refractivity contribution in [3.63, 3.8) is 0 Å². The summed E-state index contributed by atoms with van der Waals surface area (Å²) in [5.41, 5.74) is 1.37. The third kappa shape index (κ3) is 1.97. The molecule has 1 unspecified atom stereocenters. The smallest absolute Gasteiger partial charge is 0.0998 e. The first-order chi connectivity index (χ1) is 8.74. The Balaban J connectivity index is 2.10. The summed E-state index contributed by atoms with van der Waals surface area (Å²) in [7, 11) is 0. The highest BCUT2D eigenvalue weighted by molar-refractivity contribution is 7.19. The fraction of sp³-hybridized carbons (Fsp3) is 0.467. The fourth-order valence-electron chi connectivity index (χ4n) is 2.81. The van der Waals surface area contributed by atoms with Crippen LogP contribution in [0.25, 0.3) is 10.1 Å². The molecule has 1 aromatic heterocycles. The van der Waals surface area contributed by atoms with E-state index in [9.17, 15) is 0 Å². The van der Waals surface area contributed by atoms with E-state index in [1.165, 1.54) is 20.5 Å². The molecule has 0 saturated carbocycles. The summed E-state index contributed by atoms with van der Waals surface area (Å²) in [5.74, 6) is 0.708. The van der Waals surface area contributed by atoms with Crippen molar-refractivity contribution in [3.8, 4) is 0 Å². The number of halogens is 1. The summed E-state index contributed by atoms with van der Waals surface area (Å²) >= 11 is 7.73. The van der Waals surface area contributed by atoms with Gasteiger partial charge in [-0.3, -0.25) is 0 Å². The molecule has 96 valence electrons. The number of hydrogen-bond donors (Lipinski definition) is 0. The van der Waals surface area contributed by atoms with Gasteiger partial charge in [-0.2, -0.15) is 0 Å². The first-order valence-electron chi connectivity index (χ1n) is 6.45. The molecule has 3 heteroatoms. The van der Waals surface area contributed by atoms with Crippen molar-refractivity contribution < 1.29 is 4.74 Å². The van der Waals surface area contributed by atoms with Crippen molar-refractivity contribution in [2.45, 2.75) is 31.8 Å². The molecule has 2 heterocycles. The van der Waals surface area contributed by atoms with Crippen LogP contribution in [0, 0.1) is 0 Å². The van der Waals surface area contributed by atoms with Gasteiger partial charge in [0.05, 0.1) is 12.2 Å². The van der Waals surface area contributed by atoms with Gasteiger partial charge in [-0.15, -0.1) is 22.9 Å². The van der Waals surface area contributed by atoms with E-state index in [0.717, 1.165) is 25.9 Å². The van der Waals surface area contributed by atoms with Crippen molar-refractivity contribution in [2.75, 3.05) is 12.5 Å². The summed E-state index contributed by atoms with van der Waals surface area (Å²) in [6.45, 7) is 3.04. The van der Waals surface area contributed by atoms with Crippen molar-refractivity contribution in [1.29, 1.82) is 0 Å². The lowest BCUT2D eigenvalue weighted by atomic mass is 9.90. The number of hydrogen-bond acceptors (Lipinski definition) is 2. The van der Waals surface area contributed by atoms with Gasteiger partial charge in [0, 0.05) is 15.5 Å². The summed E-state index contributed by atoms with van der Waals surface area (Å²) in [5, 5.41) is 1.41. The van der Waals surface area contributed by atoms with E-state index in [-0.39, 0.29) is 5.60 Å². The first kappa shape index (κ1) is 12.5. The number of fused-ring (bicyclic) bond motifs is 3. The van der Waals surface area contributed by atoms with Crippen LogP contribution in [0.5, 0.6) is 0 Å². The standard InChI is InChI=1S/C15H17ClOS/c1-15(8-4-9-16)14-12(7-10-17-15)11-5-2-3-6-13(11)18-14/h2-3,5-6H,4,7-10H2,1H3. The molecular weight excluding hydrogens is 264 g/mol. The van der Waals surface area contributed by atoms with Gasteiger partial charge in [0.1, 0.15) is 0 Å². The Morgan fingerprint density at radius 1 is 1.39 bits per heavy atom. The van der Waals surface area contributed by atoms with Crippen LogP contribution in [0.3, 0.4) is 0 Å². The number of ether oxygens (including phenoxy) is 1. The Hall–Kier alpha value is -0.570. The van der Waals surface area contributed by atoms with Gasteiger partial charge in [0.2, 0.25) is 0 Å². The van der Waals surface area contributed by atoms with Gasteiger partial charge in [-0.25, -0.2) is 0 Å². The van der Waals surface area contributed by atoms with E-state index in [1.54, 1.807) is 0 Å². The molecule has 3 rings (SSSR count). The minimum absolute atomic E-state index is 0.133. The Morgan fingerprint density at radius 2 is 2.22 bits per heavy atom. The SMILES string of the molecule is CC1(CCCCl)OCCc2c1sc1ccccc21. The lowest BCUT2D eigenvalue weighted by molar-refractivity contribution is -0.0490. The molecule has 0 amide bonds. The van der Waals surface area contributed by atoms with Gasteiger partial charge in [0.25, 0.3) is 0 Å². The average Bonchev–Trinajstić information content (AvgIpc) is 2.77. The number of rotatable bonds is 3. The zero-order valence-corrected chi connectivity index (χ0v) is 12.1. The molecule has 1 atom stereocenters. The normalized spacial score (nSPS) is 23.2. The predicted octanol–water partition coefficient (Wildman–Crippen LogP) is 4.71.